The van der Waals surface area contributed by atoms with Gasteiger partial charge in [0, 0.05) is 9.61 Å². The summed E-state index contributed by atoms with van der Waals surface area (Å²) in [6.45, 7) is 3.82. The number of fused-ring (bicyclic) bond motifs is 1. The molecule has 0 heterocycles. The fourth-order valence-electron chi connectivity index (χ4n) is 2.89. The second-order valence-electron chi connectivity index (χ2n) is 5.42. The Bertz CT molecular complexity index is 609. The van der Waals surface area contributed by atoms with Crippen molar-refractivity contribution in [2.75, 3.05) is 6.54 Å². The maximum Gasteiger partial charge on any atom is 0.120 e. The van der Waals surface area contributed by atoms with E-state index in [2.05, 4.69) is 77.3 Å². The zero-order chi connectivity index (χ0) is 14.7. The van der Waals surface area contributed by atoms with Crippen molar-refractivity contribution >= 4 is 22.6 Å². The predicted octanol–water partition coefficient (Wildman–Crippen LogP) is 4.47. The first-order chi connectivity index (χ1) is 10.3. The lowest BCUT2D eigenvalue weighted by atomic mass is 10.1. The van der Waals surface area contributed by atoms with Crippen molar-refractivity contribution in [1.29, 1.82) is 0 Å². The molecule has 21 heavy (non-hydrogen) atoms. The van der Waals surface area contributed by atoms with Gasteiger partial charge in [0.1, 0.15) is 12.4 Å². The van der Waals surface area contributed by atoms with Crippen LogP contribution in [-0.4, -0.2) is 6.54 Å². The summed E-state index contributed by atoms with van der Waals surface area (Å²) in [5, 5.41) is 3.54. The topological polar surface area (TPSA) is 21.3 Å². The third-order valence-corrected chi connectivity index (χ3v) is 4.68. The van der Waals surface area contributed by atoms with E-state index < -0.39 is 0 Å². The molecule has 1 unspecified atom stereocenters. The minimum absolute atomic E-state index is 0.523. The fraction of sp³-hybridized carbons (Fsp3) is 0.333. The molecule has 0 fully saturated rings. The quantitative estimate of drug-likeness (QED) is 0.758. The van der Waals surface area contributed by atoms with E-state index in [1.165, 1.54) is 26.7 Å². The second-order valence-corrected chi connectivity index (χ2v) is 6.67. The molecule has 1 aliphatic rings. The Morgan fingerprint density at radius 1 is 1.19 bits per heavy atom. The van der Waals surface area contributed by atoms with Crippen molar-refractivity contribution in [1.82, 2.24) is 5.32 Å². The van der Waals surface area contributed by atoms with Crippen LogP contribution in [0.3, 0.4) is 0 Å². The van der Waals surface area contributed by atoms with Crippen molar-refractivity contribution in [2.45, 2.75) is 32.4 Å². The first kappa shape index (κ1) is 14.9. The van der Waals surface area contributed by atoms with E-state index in [4.69, 9.17) is 4.74 Å². The summed E-state index contributed by atoms with van der Waals surface area (Å²) in [6, 6.07) is 15.5. The minimum atomic E-state index is 0.523. The molecule has 2 aromatic carbocycles. The van der Waals surface area contributed by atoms with E-state index in [1.807, 2.05) is 0 Å². The Morgan fingerprint density at radius 2 is 2.00 bits per heavy atom. The summed E-state index contributed by atoms with van der Waals surface area (Å²) in [7, 11) is 0. The van der Waals surface area contributed by atoms with Crippen LogP contribution < -0.4 is 10.1 Å². The molecule has 3 rings (SSSR count). The molecule has 3 heteroatoms. The number of hydrogen-bond acceptors (Lipinski definition) is 2. The number of aryl methyl sites for hydroxylation is 1. The van der Waals surface area contributed by atoms with Gasteiger partial charge in [-0.05, 0) is 82.9 Å². The Balaban J connectivity index is 1.66. The van der Waals surface area contributed by atoms with Gasteiger partial charge in [0.15, 0.2) is 0 Å². The SMILES string of the molecule is CCNC1CCc2cc(OCc3ccc(I)cc3)ccc21. The largest absolute Gasteiger partial charge is 0.489 e. The third-order valence-electron chi connectivity index (χ3n) is 3.96. The standard InChI is InChI=1S/C18H20INO/c1-2-20-18-10-5-14-11-16(8-9-17(14)18)21-12-13-3-6-15(19)7-4-13/h3-4,6-9,11,18,20H,2,5,10,12H2,1H3. The summed E-state index contributed by atoms with van der Waals surface area (Å²) in [5.41, 5.74) is 4.08. The maximum atomic E-state index is 5.93. The number of hydrogen-bond donors (Lipinski definition) is 1. The van der Waals surface area contributed by atoms with Gasteiger partial charge >= 0.3 is 0 Å². The number of rotatable bonds is 5. The van der Waals surface area contributed by atoms with Crippen LogP contribution in [0.4, 0.5) is 0 Å². The minimum Gasteiger partial charge on any atom is -0.489 e. The summed E-state index contributed by atoms with van der Waals surface area (Å²) in [5.74, 6) is 0.976. The highest BCUT2D eigenvalue weighted by Crippen LogP contribution is 2.33. The van der Waals surface area contributed by atoms with Crippen molar-refractivity contribution in [3.05, 3.63) is 62.7 Å². The molecule has 0 aliphatic heterocycles. The zero-order valence-electron chi connectivity index (χ0n) is 12.2. The summed E-state index contributed by atoms with van der Waals surface area (Å²) in [6.07, 6.45) is 2.34. The van der Waals surface area contributed by atoms with Crippen LogP contribution >= 0.6 is 22.6 Å². The lowest BCUT2D eigenvalue weighted by Gasteiger charge is -2.13. The van der Waals surface area contributed by atoms with Crippen LogP contribution in [0.1, 0.15) is 36.1 Å². The molecule has 110 valence electrons. The first-order valence-electron chi connectivity index (χ1n) is 7.49. The molecule has 2 aromatic rings. The molecule has 0 bridgehead atoms. The van der Waals surface area contributed by atoms with Crippen LogP contribution in [0.25, 0.3) is 0 Å². The molecule has 0 saturated heterocycles. The molecule has 0 amide bonds. The first-order valence-corrected chi connectivity index (χ1v) is 8.57. The van der Waals surface area contributed by atoms with Gasteiger partial charge in [-0.25, -0.2) is 0 Å². The van der Waals surface area contributed by atoms with Gasteiger partial charge in [-0.1, -0.05) is 25.1 Å². The molecule has 0 spiro atoms. The highest BCUT2D eigenvalue weighted by Gasteiger charge is 2.21. The normalized spacial score (nSPS) is 16.8. The number of benzene rings is 2. The lowest BCUT2D eigenvalue weighted by Crippen LogP contribution is -2.18. The molecular formula is C18H20INO. The van der Waals surface area contributed by atoms with E-state index in [-0.39, 0.29) is 0 Å². The van der Waals surface area contributed by atoms with E-state index >= 15 is 0 Å². The van der Waals surface area contributed by atoms with Crippen molar-refractivity contribution in [2.24, 2.45) is 0 Å². The summed E-state index contributed by atoms with van der Waals surface area (Å²) < 4.78 is 7.18. The van der Waals surface area contributed by atoms with Gasteiger partial charge in [-0.3, -0.25) is 0 Å². The maximum absolute atomic E-state index is 5.93. The molecule has 1 N–H and O–H groups in total. The van der Waals surface area contributed by atoms with Crippen molar-refractivity contribution in [3.8, 4) is 5.75 Å². The van der Waals surface area contributed by atoms with Crippen LogP contribution in [0.15, 0.2) is 42.5 Å². The number of ether oxygens (including phenoxy) is 1. The smallest absolute Gasteiger partial charge is 0.120 e. The van der Waals surface area contributed by atoms with Gasteiger partial charge in [0.05, 0.1) is 0 Å². The summed E-state index contributed by atoms with van der Waals surface area (Å²) >= 11 is 2.32. The molecule has 1 atom stereocenters. The average Bonchev–Trinajstić information content (AvgIpc) is 2.90. The fourth-order valence-corrected chi connectivity index (χ4v) is 3.25. The highest BCUT2D eigenvalue weighted by atomic mass is 127. The van der Waals surface area contributed by atoms with Gasteiger partial charge in [0.2, 0.25) is 0 Å². The molecule has 2 nitrogen and oxygen atoms in total. The lowest BCUT2D eigenvalue weighted by molar-refractivity contribution is 0.306. The van der Waals surface area contributed by atoms with E-state index in [9.17, 15) is 0 Å². The number of nitrogens with one attached hydrogen (secondary N) is 1. The van der Waals surface area contributed by atoms with Crippen LogP contribution in [-0.2, 0) is 13.0 Å². The molecule has 0 radical (unpaired) electrons. The van der Waals surface area contributed by atoms with Gasteiger partial charge < -0.3 is 10.1 Å². The molecule has 1 aliphatic carbocycles. The Labute approximate surface area is 140 Å². The zero-order valence-corrected chi connectivity index (χ0v) is 14.4. The monoisotopic (exact) mass is 393 g/mol. The van der Waals surface area contributed by atoms with Gasteiger partial charge in [0.25, 0.3) is 0 Å². The Kier molecular flexibility index (Phi) is 4.80. The van der Waals surface area contributed by atoms with Crippen LogP contribution in [0.5, 0.6) is 5.75 Å². The van der Waals surface area contributed by atoms with E-state index in [0.29, 0.717) is 12.6 Å². The average molecular weight is 393 g/mol. The van der Waals surface area contributed by atoms with Crippen molar-refractivity contribution in [3.63, 3.8) is 0 Å². The predicted molar refractivity (Wildman–Crippen MR) is 94.7 cm³/mol. The third kappa shape index (κ3) is 3.58. The Hall–Kier alpha value is -1.07. The molecule has 0 saturated carbocycles. The summed E-state index contributed by atoms with van der Waals surface area (Å²) in [4.78, 5) is 0. The van der Waals surface area contributed by atoms with Crippen LogP contribution in [0, 0.1) is 3.57 Å². The van der Waals surface area contributed by atoms with Gasteiger partial charge in [-0.2, -0.15) is 0 Å². The van der Waals surface area contributed by atoms with Crippen molar-refractivity contribution < 1.29 is 4.74 Å². The molecule has 0 aromatic heterocycles. The molecular weight excluding hydrogens is 373 g/mol. The van der Waals surface area contributed by atoms with E-state index in [1.54, 1.807) is 0 Å². The van der Waals surface area contributed by atoms with Gasteiger partial charge in [-0.15, -0.1) is 0 Å². The second kappa shape index (κ2) is 6.79. The number of halogens is 1. The highest BCUT2D eigenvalue weighted by molar-refractivity contribution is 14.1. The van der Waals surface area contributed by atoms with Crippen LogP contribution in [0.2, 0.25) is 0 Å². The Morgan fingerprint density at radius 3 is 2.76 bits per heavy atom. The van der Waals surface area contributed by atoms with E-state index in [0.717, 1.165) is 18.7 Å².